The molecule has 1 atom stereocenters. The average molecular weight is 301 g/mol. The molecule has 22 heavy (non-hydrogen) atoms. The van der Waals surface area contributed by atoms with Crippen molar-refractivity contribution < 1.29 is 14.7 Å². The van der Waals surface area contributed by atoms with Crippen LogP contribution in [0.1, 0.15) is 36.8 Å². The van der Waals surface area contributed by atoms with Crippen molar-refractivity contribution in [2.45, 2.75) is 38.3 Å². The number of nitrogens with one attached hydrogen (secondary N) is 1. The number of hydrogen-bond acceptors (Lipinski definition) is 4. The molecule has 1 amide bonds. The maximum absolute atomic E-state index is 12.1. The largest absolute Gasteiger partial charge is 0.478 e. The van der Waals surface area contributed by atoms with Crippen molar-refractivity contribution >= 4 is 23.8 Å². The predicted octanol–water partition coefficient (Wildman–Crippen LogP) is 1.88. The van der Waals surface area contributed by atoms with Gasteiger partial charge in [-0.25, -0.2) is 9.78 Å². The van der Waals surface area contributed by atoms with Crippen LogP contribution in [-0.4, -0.2) is 39.5 Å². The predicted molar refractivity (Wildman–Crippen MR) is 82.2 cm³/mol. The zero-order valence-corrected chi connectivity index (χ0v) is 12.3. The molecule has 1 aromatic rings. The van der Waals surface area contributed by atoms with E-state index in [0.717, 1.165) is 43.1 Å². The average Bonchev–Trinajstić information content (AvgIpc) is 2.47. The van der Waals surface area contributed by atoms with Gasteiger partial charge in [0.25, 0.3) is 0 Å². The Kier molecular flexibility index (Phi) is 4.20. The second-order valence-electron chi connectivity index (χ2n) is 5.82. The van der Waals surface area contributed by atoms with Gasteiger partial charge in [-0.1, -0.05) is 6.42 Å². The summed E-state index contributed by atoms with van der Waals surface area (Å²) in [5.41, 5.74) is 1.66. The van der Waals surface area contributed by atoms with Crippen LogP contribution in [-0.2, 0) is 16.1 Å². The van der Waals surface area contributed by atoms with E-state index in [1.165, 1.54) is 12.5 Å². The van der Waals surface area contributed by atoms with Crippen LogP contribution in [0.2, 0.25) is 0 Å². The maximum atomic E-state index is 12.1. The van der Waals surface area contributed by atoms with Gasteiger partial charge in [0.15, 0.2) is 0 Å². The number of carbonyl (C=O) groups is 2. The van der Waals surface area contributed by atoms with Crippen LogP contribution in [0.3, 0.4) is 0 Å². The number of nitrogens with zero attached hydrogens (tertiary/aromatic N) is 2. The molecule has 2 aliphatic rings. The number of amides is 1. The third kappa shape index (κ3) is 3.33. The SMILES string of the molecule is O=C(O)/C=C/c1cnc2c(c1)CN1CCCCC1CC(=O)N2. The second-order valence-corrected chi connectivity index (χ2v) is 5.82. The molecule has 6 heteroatoms. The number of fused-ring (bicyclic) bond motifs is 2. The summed E-state index contributed by atoms with van der Waals surface area (Å²) in [4.78, 5) is 29.3. The van der Waals surface area contributed by atoms with E-state index in [1.807, 2.05) is 6.07 Å². The first kappa shape index (κ1) is 14.7. The van der Waals surface area contributed by atoms with Gasteiger partial charge in [-0.15, -0.1) is 0 Å². The van der Waals surface area contributed by atoms with Crippen molar-refractivity contribution in [3.8, 4) is 0 Å². The number of carboxylic acid groups (broad SMARTS) is 1. The van der Waals surface area contributed by atoms with E-state index in [1.54, 1.807) is 6.20 Å². The van der Waals surface area contributed by atoms with Crippen molar-refractivity contribution in [1.29, 1.82) is 0 Å². The highest BCUT2D eigenvalue weighted by molar-refractivity contribution is 5.91. The molecular weight excluding hydrogens is 282 g/mol. The standard InChI is InChI=1S/C16H19N3O3/c20-14-8-13-3-1-2-6-19(13)10-12-7-11(4-5-15(21)22)9-17-16(12)18-14/h4-5,7,9,13H,1-3,6,8,10H2,(H,21,22)(H,17,18,20)/b5-4+. The minimum Gasteiger partial charge on any atom is -0.478 e. The molecule has 3 heterocycles. The molecule has 2 N–H and O–H groups in total. The van der Waals surface area contributed by atoms with E-state index in [4.69, 9.17) is 5.11 Å². The summed E-state index contributed by atoms with van der Waals surface area (Å²) in [6.07, 6.45) is 8.07. The molecule has 0 aromatic carbocycles. The van der Waals surface area contributed by atoms with Gasteiger partial charge >= 0.3 is 5.97 Å². The molecule has 116 valence electrons. The van der Waals surface area contributed by atoms with Crippen molar-refractivity contribution in [1.82, 2.24) is 9.88 Å². The third-order valence-electron chi connectivity index (χ3n) is 4.21. The minimum absolute atomic E-state index is 0.000761. The number of carbonyl (C=O) groups excluding carboxylic acids is 1. The van der Waals surface area contributed by atoms with Gasteiger partial charge in [0.2, 0.25) is 5.91 Å². The molecule has 0 radical (unpaired) electrons. The number of anilines is 1. The van der Waals surface area contributed by atoms with Crippen LogP contribution >= 0.6 is 0 Å². The molecule has 0 saturated carbocycles. The molecular formula is C16H19N3O3. The quantitative estimate of drug-likeness (QED) is 0.815. The number of pyridine rings is 1. The van der Waals surface area contributed by atoms with Crippen LogP contribution in [0.15, 0.2) is 18.3 Å². The molecule has 1 unspecified atom stereocenters. The first-order valence-electron chi connectivity index (χ1n) is 7.55. The number of piperidine rings is 1. The van der Waals surface area contributed by atoms with Gasteiger partial charge in [0, 0.05) is 36.8 Å². The molecule has 1 aromatic heterocycles. The molecule has 2 aliphatic heterocycles. The summed E-state index contributed by atoms with van der Waals surface area (Å²) in [7, 11) is 0. The molecule has 0 bridgehead atoms. The third-order valence-corrected chi connectivity index (χ3v) is 4.21. The molecule has 6 nitrogen and oxygen atoms in total. The lowest BCUT2D eigenvalue weighted by atomic mass is 9.97. The lowest BCUT2D eigenvalue weighted by molar-refractivity contribution is -0.131. The Morgan fingerprint density at radius 2 is 2.32 bits per heavy atom. The van der Waals surface area contributed by atoms with Gasteiger partial charge in [-0.3, -0.25) is 9.69 Å². The summed E-state index contributed by atoms with van der Waals surface area (Å²) < 4.78 is 0. The van der Waals surface area contributed by atoms with Crippen LogP contribution in [0.5, 0.6) is 0 Å². The Morgan fingerprint density at radius 1 is 1.45 bits per heavy atom. The highest BCUT2D eigenvalue weighted by atomic mass is 16.4. The normalized spacial score (nSPS) is 22.4. The van der Waals surface area contributed by atoms with Crippen LogP contribution < -0.4 is 5.32 Å². The molecule has 1 saturated heterocycles. The fraction of sp³-hybridized carbons (Fsp3) is 0.438. The van der Waals surface area contributed by atoms with E-state index < -0.39 is 5.97 Å². The first-order chi connectivity index (χ1) is 10.6. The van der Waals surface area contributed by atoms with Crippen LogP contribution in [0.25, 0.3) is 6.08 Å². The van der Waals surface area contributed by atoms with Crippen molar-refractivity contribution in [2.75, 3.05) is 11.9 Å². The lowest BCUT2D eigenvalue weighted by Gasteiger charge is -2.37. The molecule has 0 spiro atoms. The van der Waals surface area contributed by atoms with Crippen molar-refractivity contribution in [3.05, 3.63) is 29.5 Å². The molecule has 0 aliphatic carbocycles. The number of aliphatic carboxylic acids is 1. The van der Waals surface area contributed by atoms with E-state index in [0.29, 0.717) is 18.3 Å². The Labute approximate surface area is 128 Å². The van der Waals surface area contributed by atoms with Gasteiger partial charge < -0.3 is 10.4 Å². The summed E-state index contributed by atoms with van der Waals surface area (Å²) in [6, 6.07) is 2.19. The van der Waals surface area contributed by atoms with Crippen molar-refractivity contribution in [3.63, 3.8) is 0 Å². The van der Waals surface area contributed by atoms with Gasteiger partial charge in [-0.05, 0) is 37.1 Å². The molecule has 3 rings (SSSR count). The van der Waals surface area contributed by atoms with Crippen molar-refractivity contribution in [2.24, 2.45) is 0 Å². The van der Waals surface area contributed by atoms with E-state index in [9.17, 15) is 9.59 Å². The Bertz CT molecular complexity index is 627. The number of aromatic nitrogens is 1. The highest BCUT2D eigenvalue weighted by Gasteiger charge is 2.28. The Morgan fingerprint density at radius 3 is 3.14 bits per heavy atom. The Hall–Kier alpha value is -2.21. The monoisotopic (exact) mass is 301 g/mol. The van der Waals surface area contributed by atoms with E-state index >= 15 is 0 Å². The van der Waals surface area contributed by atoms with Gasteiger partial charge in [-0.2, -0.15) is 0 Å². The highest BCUT2D eigenvalue weighted by Crippen LogP contribution is 2.27. The number of rotatable bonds is 2. The summed E-state index contributed by atoms with van der Waals surface area (Å²) >= 11 is 0. The topological polar surface area (TPSA) is 82.5 Å². The molecule has 1 fully saturated rings. The number of hydrogen-bond donors (Lipinski definition) is 2. The van der Waals surface area contributed by atoms with E-state index in [-0.39, 0.29) is 5.91 Å². The fourth-order valence-corrected chi connectivity index (χ4v) is 3.14. The first-order valence-corrected chi connectivity index (χ1v) is 7.55. The second kappa shape index (κ2) is 6.27. The summed E-state index contributed by atoms with van der Waals surface area (Å²) in [5.74, 6) is -0.406. The Balaban J connectivity index is 1.90. The smallest absolute Gasteiger partial charge is 0.328 e. The summed E-state index contributed by atoms with van der Waals surface area (Å²) in [6.45, 7) is 1.73. The van der Waals surface area contributed by atoms with Crippen LogP contribution in [0, 0.1) is 0 Å². The maximum Gasteiger partial charge on any atom is 0.328 e. The zero-order chi connectivity index (χ0) is 15.5. The van der Waals surface area contributed by atoms with E-state index in [2.05, 4.69) is 15.2 Å². The lowest BCUT2D eigenvalue weighted by Crippen LogP contribution is -2.42. The minimum atomic E-state index is -0.990. The fourth-order valence-electron chi connectivity index (χ4n) is 3.14. The van der Waals surface area contributed by atoms with Gasteiger partial charge in [0.1, 0.15) is 5.82 Å². The van der Waals surface area contributed by atoms with Crippen LogP contribution in [0.4, 0.5) is 5.82 Å². The van der Waals surface area contributed by atoms with Gasteiger partial charge in [0.05, 0.1) is 0 Å². The number of carboxylic acids is 1. The summed E-state index contributed by atoms with van der Waals surface area (Å²) in [5, 5.41) is 11.6. The zero-order valence-electron chi connectivity index (χ0n) is 12.3.